The van der Waals surface area contributed by atoms with Gasteiger partial charge in [-0.1, -0.05) is 37.2 Å². The first-order chi connectivity index (χ1) is 8.55. The van der Waals surface area contributed by atoms with E-state index in [1.807, 2.05) is 39.0 Å². The van der Waals surface area contributed by atoms with Crippen LogP contribution in [-0.2, 0) is 4.84 Å². The second kappa shape index (κ2) is 6.58. The van der Waals surface area contributed by atoms with Gasteiger partial charge in [-0.2, -0.15) is 0 Å². The number of carbonyl (C=O) groups is 1. The molecule has 0 atom stereocenters. The summed E-state index contributed by atoms with van der Waals surface area (Å²) < 4.78 is 0. The van der Waals surface area contributed by atoms with Crippen LogP contribution in [0.2, 0.25) is 0 Å². The van der Waals surface area contributed by atoms with Crippen LogP contribution in [0.3, 0.4) is 0 Å². The van der Waals surface area contributed by atoms with Gasteiger partial charge < -0.3 is 4.84 Å². The Morgan fingerprint density at radius 1 is 1.33 bits per heavy atom. The van der Waals surface area contributed by atoms with Crippen LogP contribution in [0.15, 0.2) is 53.4 Å². The van der Waals surface area contributed by atoms with Gasteiger partial charge in [-0.05, 0) is 31.2 Å². The summed E-state index contributed by atoms with van der Waals surface area (Å²) in [5.74, 6) is -0.460. The van der Waals surface area contributed by atoms with Crippen molar-refractivity contribution in [2.45, 2.75) is 20.8 Å². The van der Waals surface area contributed by atoms with Gasteiger partial charge in [0.05, 0.1) is 11.8 Å². The van der Waals surface area contributed by atoms with Gasteiger partial charge in [0.1, 0.15) is 0 Å². The summed E-state index contributed by atoms with van der Waals surface area (Å²) in [6.45, 7) is 5.78. The lowest BCUT2D eigenvalue weighted by Crippen LogP contribution is -2.10. The van der Waals surface area contributed by atoms with Crippen molar-refractivity contribution >= 4 is 12.2 Å². The first kappa shape index (κ1) is 13.9. The number of benzene rings is 1. The third-order valence-electron chi connectivity index (χ3n) is 2.15. The molecule has 1 aromatic carbocycles. The third kappa shape index (κ3) is 4.81. The molecule has 0 spiro atoms. The van der Waals surface area contributed by atoms with E-state index in [2.05, 4.69) is 10.9 Å². The summed E-state index contributed by atoms with van der Waals surface area (Å²) in [5, 5.41) is 3.71. The molecule has 0 aliphatic heterocycles. The lowest BCUT2D eigenvalue weighted by atomic mass is 9.96. The monoisotopic (exact) mass is 243 g/mol. The van der Waals surface area contributed by atoms with Gasteiger partial charge in [-0.15, -0.1) is 5.73 Å². The van der Waals surface area contributed by atoms with Gasteiger partial charge in [-0.25, -0.2) is 4.79 Å². The number of allylic oxidation sites excluding steroid dienone is 1. The zero-order chi connectivity index (χ0) is 13.4. The number of nitrogens with zero attached hydrogens (tertiary/aromatic N) is 1. The molecule has 0 aliphatic rings. The van der Waals surface area contributed by atoms with E-state index < -0.39 is 5.97 Å². The van der Waals surface area contributed by atoms with Gasteiger partial charge in [0.15, 0.2) is 0 Å². The van der Waals surface area contributed by atoms with E-state index in [9.17, 15) is 4.79 Å². The molecule has 0 bridgehead atoms. The van der Waals surface area contributed by atoms with Gasteiger partial charge in [-0.3, -0.25) is 0 Å². The maximum absolute atomic E-state index is 11.6. The molecule has 0 fully saturated rings. The zero-order valence-corrected chi connectivity index (χ0v) is 10.9. The number of hydrogen-bond donors (Lipinski definition) is 0. The molecule has 18 heavy (non-hydrogen) atoms. The van der Waals surface area contributed by atoms with Crippen LogP contribution in [0.25, 0.3) is 0 Å². The summed E-state index contributed by atoms with van der Waals surface area (Å²) in [7, 11) is 0. The Morgan fingerprint density at radius 2 is 2.00 bits per heavy atom. The highest BCUT2D eigenvalue weighted by Gasteiger charge is 2.11. The minimum Gasteiger partial charge on any atom is -0.313 e. The third-order valence-corrected chi connectivity index (χ3v) is 2.15. The molecule has 0 saturated carbocycles. The van der Waals surface area contributed by atoms with E-state index >= 15 is 0 Å². The average Bonchev–Trinajstić information content (AvgIpc) is 2.37. The smallest absolute Gasteiger partial charge is 0.313 e. The molecule has 94 valence electrons. The fourth-order valence-electron chi connectivity index (χ4n) is 1.17. The van der Waals surface area contributed by atoms with Crippen LogP contribution in [0, 0.1) is 5.41 Å². The Labute approximate surface area is 107 Å². The van der Waals surface area contributed by atoms with Gasteiger partial charge in [0, 0.05) is 5.41 Å². The fourth-order valence-corrected chi connectivity index (χ4v) is 1.17. The SMILES string of the molecule is CC=C=CC(C)(C)/C=N/OC(=O)c1ccccc1. The van der Waals surface area contributed by atoms with Crippen molar-refractivity contribution < 1.29 is 9.63 Å². The highest BCUT2D eigenvalue weighted by molar-refractivity contribution is 5.89. The summed E-state index contributed by atoms with van der Waals surface area (Å²) in [5.41, 5.74) is 3.16. The van der Waals surface area contributed by atoms with Crippen LogP contribution in [-0.4, -0.2) is 12.2 Å². The Kier molecular flexibility index (Phi) is 5.09. The molecule has 0 heterocycles. The van der Waals surface area contributed by atoms with Gasteiger partial charge >= 0.3 is 5.97 Å². The molecule has 3 nitrogen and oxygen atoms in total. The molecule has 0 unspecified atom stereocenters. The molecule has 0 radical (unpaired) electrons. The first-order valence-corrected chi connectivity index (χ1v) is 5.74. The van der Waals surface area contributed by atoms with E-state index in [0.717, 1.165) is 0 Å². The van der Waals surface area contributed by atoms with Crippen molar-refractivity contribution in [3.05, 3.63) is 53.8 Å². The van der Waals surface area contributed by atoms with E-state index in [1.165, 1.54) is 0 Å². The molecular weight excluding hydrogens is 226 g/mol. The van der Waals surface area contributed by atoms with Crippen LogP contribution < -0.4 is 0 Å². The summed E-state index contributed by atoms with van der Waals surface area (Å²) in [6, 6.07) is 8.76. The molecule has 0 amide bonds. The molecule has 0 aliphatic carbocycles. The Bertz CT molecular complexity index is 480. The number of rotatable bonds is 4. The predicted octanol–water partition coefficient (Wildman–Crippen LogP) is 3.59. The van der Waals surface area contributed by atoms with Crippen LogP contribution in [0.4, 0.5) is 0 Å². The van der Waals surface area contributed by atoms with Crippen molar-refractivity contribution in [3.63, 3.8) is 0 Å². The molecule has 0 aromatic heterocycles. The number of oxime groups is 1. The first-order valence-electron chi connectivity index (χ1n) is 5.74. The lowest BCUT2D eigenvalue weighted by Gasteiger charge is -2.10. The second-order valence-electron chi connectivity index (χ2n) is 4.40. The second-order valence-corrected chi connectivity index (χ2v) is 4.40. The summed E-state index contributed by atoms with van der Waals surface area (Å²) in [6.07, 6.45) is 5.24. The van der Waals surface area contributed by atoms with Gasteiger partial charge in [0.25, 0.3) is 0 Å². The fraction of sp³-hybridized carbons (Fsp3) is 0.267. The molecule has 1 rings (SSSR count). The number of carbonyl (C=O) groups excluding carboxylic acids is 1. The average molecular weight is 243 g/mol. The molecule has 3 heteroatoms. The van der Waals surface area contributed by atoms with Crippen LogP contribution in [0.5, 0.6) is 0 Å². The van der Waals surface area contributed by atoms with E-state index in [0.29, 0.717) is 5.56 Å². The van der Waals surface area contributed by atoms with Crippen LogP contribution in [0.1, 0.15) is 31.1 Å². The highest BCUT2D eigenvalue weighted by atomic mass is 16.7. The van der Waals surface area contributed by atoms with E-state index in [1.54, 1.807) is 30.5 Å². The lowest BCUT2D eigenvalue weighted by molar-refractivity contribution is 0.0516. The molecule has 0 N–H and O–H groups in total. The Morgan fingerprint density at radius 3 is 2.61 bits per heavy atom. The standard InChI is InChI=1S/C15H17NO2/c1-4-5-11-15(2,3)12-16-18-14(17)13-9-7-6-8-10-13/h4,6-12H,1-3H3/b16-12+. The Balaban J connectivity index is 2.61. The minimum absolute atomic E-state index is 0.302. The van der Waals surface area contributed by atoms with Crippen molar-refractivity contribution in [3.8, 4) is 0 Å². The maximum Gasteiger partial charge on any atom is 0.365 e. The summed E-state index contributed by atoms with van der Waals surface area (Å²) in [4.78, 5) is 16.4. The van der Waals surface area contributed by atoms with Crippen LogP contribution >= 0.6 is 0 Å². The molecule has 1 aromatic rings. The highest BCUT2D eigenvalue weighted by Crippen LogP contribution is 2.13. The topological polar surface area (TPSA) is 38.7 Å². The largest absolute Gasteiger partial charge is 0.365 e. The van der Waals surface area contributed by atoms with E-state index in [-0.39, 0.29) is 5.41 Å². The van der Waals surface area contributed by atoms with Crippen molar-refractivity contribution in [2.75, 3.05) is 0 Å². The number of hydrogen-bond acceptors (Lipinski definition) is 3. The Hall–Kier alpha value is -2.12. The quantitative estimate of drug-likeness (QED) is 0.351. The molecular formula is C15H17NO2. The van der Waals surface area contributed by atoms with Gasteiger partial charge in [0.2, 0.25) is 0 Å². The van der Waals surface area contributed by atoms with Crippen molar-refractivity contribution in [2.24, 2.45) is 10.6 Å². The molecule has 0 saturated heterocycles. The zero-order valence-electron chi connectivity index (χ0n) is 10.9. The van der Waals surface area contributed by atoms with E-state index in [4.69, 9.17) is 4.84 Å². The normalized spacial score (nSPS) is 10.8. The maximum atomic E-state index is 11.6. The minimum atomic E-state index is -0.460. The van der Waals surface area contributed by atoms with Crippen molar-refractivity contribution in [1.82, 2.24) is 0 Å². The predicted molar refractivity (Wildman–Crippen MR) is 72.5 cm³/mol. The van der Waals surface area contributed by atoms with Crippen molar-refractivity contribution in [1.29, 1.82) is 0 Å². The summed E-state index contributed by atoms with van der Waals surface area (Å²) >= 11 is 0.